The molecular formula is C27H26ClIN2O4S2. The van der Waals surface area contributed by atoms with Gasteiger partial charge < -0.3 is 14.2 Å². The first-order chi connectivity index (χ1) is 18.0. The monoisotopic (exact) mass is 668 g/mol. The van der Waals surface area contributed by atoms with Gasteiger partial charge in [0, 0.05) is 22.1 Å². The Balaban J connectivity index is 1.31. The van der Waals surface area contributed by atoms with Crippen LogP contribution in [0, 0.1) is 3.57 Å². The minimum Gasteiger partial charge on any atom is -0.490 e. The molecule has 0 spiro atoms. The SMILES string of the molecule is CCOc1cc(/C=N\NC(=O)COc2ccc(C3SCCS3)cc2)cc(I)c1OCc1ccccc1Cl. The molecule has 0 aromatic heterocycles. The number of benzene rings is 3. The lowest BCUT2D eigenvalue weighted by molar-refractivity contribution is -0.123. The molecule has 0 unspecified atom stereocenters. The molecule has 1 N–H and O–H groups in total. The van der Waals surface area contributed by atoms with Crippen molar-refractivity contribution in [2.24, 2.45) is 5.10 Å². The molecule has 37 heavy (non-hydrogen) atoms. The smallest absolute Gasteiger partial charge is 0.277 e. The predicted octanol–water partition coefficient (Wildman–Crippen LogP) is 6.93. The van der Waals surface area contributed by atoms with E-state index < -0.39 is 0 Å². The summed E-state index contributed by atoms with van der Waals surface area (Å²) < 4.78 is 18.8. The number of halogens is 2. The quantitative estimate of drug-likeness (QED) is 0.136. The largest absolute Gasteiger partial charge is 0.490 e. The van der Waals surface area contributed by atoms with Crippen molar-refractivity contribution >= 4 is 69.8 Å². The molecule has 1 aliphatic rings. The van der Waals surface area contributed by atoms with Gasteiger partial charge in [0.25, 0.3) is 5.91 Å². The summed E-state index contributed by atoms with van der Waals surface area (Å²) in [5.41, 5.74) is 5.43. The number of hydrogen-bond donors (Lipinski definition) is 1. The molecule has 4 rings (SSSR count). The maximum absolute atomic E-state index is 12.2. The minimum absolute atomic E-state index is 0.125. The summed E-state index contributed by atoms with van der Waals surface area (Å²) in [6.07, 6.45) is 1.56. The van der Waals surface area contributed by atoms with E-state index in [9.17, 15) is 4.79 Å². The van der Waals surface area contributed by atoms with Crippen molar-refractivity contribution in [3.8, 4) is 17.2 Å². The predicted molar refractivity (Wildman–Crippen MR) is 161 cm³/mol. The first-order valence-electron chi connectivity index (χ1n) is 11.6. The average Bonchev–Trinajstić information content (AvgIpc) is 3.44. The molecule has 6 nitrogen and oxygen atoms in total. The van der Waals surface area contributed by atoms with Gasteiger partial charge >= 0.3 is 0 Å². The van der Waals surface area contributed by atoms with Gasteiger partial charge in [0.2, 0.25) is 0 Å². The minimum atomic E-state index is -0.346. The van der Waals surface area contributed by atoms with E-state index in [1.165, 1.54) is 17.1 Å². The van der Waals surface area contributed by atoms with Crippen LogP contribution in [0.5, 0.6) is 17.2 Å². The van der Waals surface area contributed by atoms with Crippen LogP contribution in [-0.4, -0.2) is 36.8 Å². The van der Waals surface area contributed by atoms with E-state index in [4.69, 9.17) is 25.8 Å². The number of nitrogens with one attached hydrogen (secondary N) is 1. The molecule has 0 atom stereocenters. The summed E-state index contributed by atoms with van der Waals surface area (Å²) in [4.78, 5) is 12.2. The second-order valence-corrected chi connectivity index (χ2v) is 12.2. The van der Waals surface area contributed by atoms with E-state index >= 15 is 0 Å². The zero-order valence-corrected chi connectivity index (χ0v) is 24.7. The molecule has 0 aliphatic carbocycles. The molecule has 3 aromatic carbocycles. The number of amides is 1. The van der Waals surface area contributed by atoms with Crippen LogP contribution in [-0.2, 0) is 11.4 Å². The fourth-order valence-electron chi connectivity index (χ4n) is 3.46. The Labute approximate surface area is 244 Å². The third kappa shape index (κ3) is 8.20. The summed E-state index contributed by atoms with van der Waals surface area (Å²) in [6, 6.07) is 19.2. The molecule has 3 aromatic rings. The number of thioether (sulfide) groups is 2. The van der Waals surface area contributed by atoms with Crippen molar-refractivity contribution in [2.75, 3.05) is 24.7 Å². The van der Waals surface area contributed by atoms with Gasteiger partial charge in [-0.05, 0) is 71.0 Å². The number of ether oxygens (including phenoxy) is 3. The van der Waals surface area contributed by atoms with Gasteiger partial charge in [0.1, 0.15) is 12.4 Å². The van der Waals surface area contributed by atoms with Crippen LogP contribution in [0.4, 0.5) is 0 Å². The molecule has 0 bridgehead atoms. The van der Waals surface area contributed by atoms with Gasteiger partial charge in [-0.3, -0.25) is 4.79 Å². The number of rotatable bonds is 11. The molecule has 1 saturated heterocycles. The zero-order valence-electron chi connectivity index (χ0n) is 20.1. The Kier molecular flexibility index (Phi) is 10.7. The second kappa shape index (κ2) is 14.2. The summed E-state index contributed by atoms with van der Waals surface area (Å²) in [7, 11) is 0. The average molecular weight is 669 g/mol. The van der Waals surface area contributed by atoms with E-state index in [2.05, 4.69) is 45.3 Å². The van der Waals surface area contributed by atoms with Crippen LogP contribution < -0.4 is 19.6 Å². The number of nitrogens with zero attached hydrogens (tertiary/aromatic N) is 1. The van der Waals surface area contributed by atoms with Crippen LogP contribution >= 0.6 is 57.7 Å². The van der Waals surface area contributed by atoms with Gasteiger partial charge in [-0.15, -0.1) is 23.5 Å². The van der Waals surface area contributed by atoms with Crippen molar-refractivity contribution in [2.45, 2.75) is 18.1 Å². The van der Waals surface area contributed by atoms with Crippen LogP contribution in [0.3, 0.4) is 0 Å². The highest BCUT2D eigenvalue weighted by Gasteiger charge is 2.18. The molecule has 1 amide bonds. The first-order valence-corrected chi connectivity index (χ1v) is 15.2. The Morgan fingerprint density at radius 3 is 2.59 bits per heavy atom. The molecule has 1 heterocycles. The fourth-order valence-corrected chi connectivity index (χ4v) is 7.29. The summed E-state index contributed by atoms with van der Waals surface area (Å²) in [5, 5.41) is 4.72. The van der Waals surface area contributed by atoms with Crippen molar-refractivity contribution in [1.82, 2.24) is 5.43 Å². The Bertz CT molecular complexity index is 1240. The number of hydrazone groups is 1. The third-order valence-electron chi connectivity index (χ3n) is 5.21. The highest BCUT2D eigenvalue weighted by Crippen LogP contribution is 2.45. The second-order valence-electron chi connectivity index (χ2n) is 7.87. The molecule has 0 saturated carbocycles. The van der Waals surface area contributed by atoms with Gasteiger partial charge in [-0.2, -0.15) is 5.10 Å². The van der Waals surface area contributed by atoms with Crippen LogP contribution in [0.2, 0.25) is 5.02 Å². The number of carbonyl (C=O) groups is 1. The molecule has 0 radical (unpaired) electrons. The highest BCUT2D eigenvalue weighted by atomic mass is 127. The van der Waals surface area contributed by atoms with E-state index in [1.807, 2.05) is 79.0 Å². The van der Waals surface area contributed by atoms with Crippen molar-refractivity contribution in [1.29, 1.82) is 0 Å². The first kappa shape index (κ1) is 27.9. The topological polar surface area (TPSA) is 69.2 Å². The highest BCUT2D eigenvalue weighted by molar-refractivity contribution is 14.1. The fraction of sp³-hybridized carbons (Fsp3) is 0.259. The third-order valence-corrected chi connectivity index (χ3v) is 9.48. The Hall–Kier alpha value is -2.08. The van der Waals surface area contributed by atoms with Crippen molar-refractivity contribution in [3.63, 3.8) is 0 Å². The molecule has 10 heteroatoms. The number of hydrogen-bond acceptors (Lipinski definition) is 7. The summed E-state index contributed by atoms with van der Waals surface area (Å²) in [6.45, 7) is 2.58. The Morgan fingerprint density at radius 2 is 1.86 bits per heavy atom. The van der Waals surface area contributed by atoms with Crippen molar-refractivity contribution < 1.29 is 19.0 Å². The Morgan fingerprint density at radius 1 is 1.11 bits per heavy atom. The standard InChI is InChI=1S/C27H26ClIN2O4S2/c1-2-33-24-14-18(13-23(29)26(24)35-16-20-5-3-4-6-22(20)28)15-30-31-25(32)17-34-21-9-7-19(8-10-21)27-36-11-12-37-27/h3-10,13-15,27H,2,11-12,16-17H2,1H3,(H,31,32)/b30-15-. The van der Waals surface area contributed by atoms with Crippen LogP contribution in [0.1, 0.15) is 28.2 Å². The molecule has 1 fully saturated rings. The summed E-state index contributed by atoms with van der Waals surface area (Å²) >= 11 is 12.4. The van der Waals surface area contributed by atoms with Crippen LogP contribution in [0.15, 0.2) is 65.8 Å². The lowest BCUT2D eigenvalue weighted by atomic mass is 10.2. The van der Waals surface area contributed by atoms with Gasteiger partial charge in [-0.25, -0.2) is 5.43 Å². The van der Waals surface area contributed by atoms with Crippen molar-refractivity contribution in [3.05, 3.63) is 85.9 Å². The van der Waals surface area contributed by atoms with Gasteiger partial charge in [-0.1, -0.05) is 41.9 Å². The lowest BCUT2D eigenvalue weighted by Crippen LogP contribution is -2.24. The van der Waals surface area contributed by atoms with E-state index in [0.717, 1.165) is 14.7 Å². The zero-order chi connectivity index (χ0) is 26.0. The maximum atomic E-state index is 12.2. The van der Waals surface area contributed by atoms with E-state index in [-0.39, 0.29) is 12.5 Å². The van der Waals surface area contributed by atoms with E-state index in [1.54, 1.807) is 6.21 Å². The van der Waals surface area contributed by atoms with E-state index in [0.29, 0.717) is 40.1 Å². The van der Waals surface area contributed by atoms with Gasteiger partial charge in [0.05, 0.1) is 21.0 Å². The van der Waals surface area contributed by atoms with Gasteiger partial charge in [0.15, 0.2) is 18.1 Å². The molecule has 194 valence electrons. The number of carbonyl (C=O) groups excluding carboxylic acids is 1. The molecular weight excluding hydrogens is 643 g/mol. The summed E-state index contributed by atoms with van der Waals surface area (Å²) in [5.74, 6) is 3.90. The molecule has 1 aliphatic heterocycles. The van der Waals surface area contributed by atoms with Crippen LogP contribution in [0.25, 0.3) is 0 Å². The normalized spacial score (nSPS) is 13.6. The lowest BCUT2D eigenvalue weighted by Gasteiger charge is -2.15. The maximum Gasteiger partial charge on any atom is 0.277 e.